The Kier molecular flexibility index (Phi) is 14.6. The van der Waals surface area contributed by atoms with Crippen LogP contribution in [-0.2, 0) is 8.07 Å². The van der Waals surface area contributed by atoms with Gasteiger partial charge in [0, 0.05) is 0 Å². The smallest absolute Gasteiger partial charge is 0.0620 e. The fourth-order valence-electron chi connectivity index (χ4n) is 4.63. The molecule has 0 spiro atoms. The van der Waals surface area contributed by atoms with E-state index in [9.17, 15) is 0 Å². The van der Waals surface area contributed by atoms with Crippen molar-refractivity contribution in [2.45, 2.75) is 0 Å². The standard InChI is InChI=1S/2C18H15P.2HI.Ni/c2*1-4-10-16(11-5-1)19(17-12-6-2-7-13-17)18-14-8-3-9-15-18;;;/h2*1-15H;2*1H;/q;;;;+2. The maximum Gasteiger partial charge on any atom is 0.102 e. The molecule has 0 aliphatic heterocycles. The molecule has 5 heteroatoms. The number of hydrogen-bond acceptors (Lipinski definition) is 0. The van der Waals surface area contributed by atoms with Gasteiger partial charge in [0.15, 0.2) is 0 Å². The van der Waals surface area contributed by atoms with E-state index in [2.05, 4.69) is 223 Å². The van der Waals surface area contributed by atoms with Gasteiger partial charge < -0.3 is 0 Å². The van der Waals surface area contributed by atoms with Gasteiger partial charge in [0.2, 0.25) is 0 Å². The SMILES string of the molecule is [I][Ni][I].c1ccc([PH+](c2ccccc2)c2ccccc2)cc1.c1ccc([PH+](c2ccccc2)c2ccccc2)cc1. The molecule has 6 aromatic rings. The van der Waals surface area contributed by atoms with Gasteiger partial charge in [0.05, 0.1) is 15.8 Å². The van der Waals surface area contributed by atoms with E-state index in [1.807, 2.05) is 0 Å². The third kappa shape index (κ3) is 10.1. The number of rotatable bonds is 6. The summed E-state index contributed by atoms with van der Waals surface area (Å²) in [6.07, 6.45) is 0. The molecule has 0 fully saturated rings. The Balaban J connectivity index is 0.000000173. The third-order valence-corrected chi connectivity index (χ3v) is 11.8. The Bertz CT molecular complexity index is 1200. The second kappa shape index (κ2) is 18.6. The summed E-state index contributed by atoms with van der Waals surface area (Å²) in [5.41, 5.74) is 0. The van der Waals surface area contributed by atoms with Crippen LogP contribution in [0, 0.1) is 0 Å². The van der Waals surface area contributed by atoms with Crippen LogP contribution in [0.1, 0.15) is 0 Å². The van der Waals surface area contributed by atoms with Crippen molar-refractivity contribution in [1.29, 1.82) is 0 Å². The van der Waals surface area contributed by atoms with Gasteiger partial charge in [-0.3, -0.25) is 0 Å². The Hall–Kier alpha value is -1.87. The molecule has 0 atom stereocenters. The molecule has 0 nitrogen and oxygen atoms in total. The molecule has 0 saturated heterocycles. The van der Waals surface area contributed by atoms with Crippen molar-refractivity contribution in [1.82, 2.24) is 0 Å². The average Bonchev–Trinajstić information content (AvgIpc) is 3.05. The molecule has 6 aromatic carbocycles. The van der Waals surface area contributed by atoms with E-state index < -0.39 is 15.8 Å². The summed E-state index contributed by atoms with van der Waals surface area (Å²) in [5, 5.41) is 8.61. The summed E-state index contributed by atoms with van der Waals surface area (Å²) in [7, 11) is -0.190. The van der Waals surface area contributed by atoms with E-state index in [-0.39, 0.29) is 0 Å². The van der Waals surface area contributed by atoms with E-state index in [0.717, 1.165) is 0 Å². The molecular formula is C36H32I2NiP2+2. The Morgan fingerprint density at radius 1 is 0.268 bits per heavy atom. The number of hydrogen-bond donors (Lipinski definition) is 0. The third-order valence-electron chi connectivity index (χ3n) is 6.37. The molecule has 6 rings (SSSR count). The Morgan fingerprint density at radius 2 is 0.390 bits per heavy atom. The van der Waals surface area contributed by atoms with E-state index in [0.29, 0.717) is 0 Å². The van der Waals surface area contributed by atoms with Gasteiger partial charge in [0.1, 0.15) is 31.8 Å². The molecule has 0 heterocycles. The van der Waals surface area contributed by atoms with Gasteiger partial charge in [-0.2, -0.15) is 0 Å². The molecular weight excluding hydrogens is 807 g/mol. The molecule has 0 radical (unpaired) electrons. The zero-order chi connectivity index (χ0) is 28.5. The molecule has 0 unspecified atom stereocenters. The van der Waals surface area contributed by atoms with Crippen molar-refractivity contribution in [3.05, 3.63) is 182 Å². The van der Waals surface area contributed by atoms with Gasteiger partial charge in [-0.1, -0.05) is 109 Å². The van der Waals surface area contributed by atoms with Crippen molar-refractivity contribution in [3.8, 4) is 0 Å². The largest absolute Gasteiger partial charge is 0.102 e. The molecule has 0 saturated carbocycles. The molecule has 41 heavy (non-hydrogen) atoms. The first-order valence-electron chi connectivity index (χ1n) is 13.2. The summed E-state index contributed by atoms with van der Waals surface area (Å²) in [4.78, 5) is 0. The van der Waals surface area contributed by atoms with Crippen molar-refractivity contribution in [2.75, 3.05) is 0 Å². The molecule has 0 aliphatic carbocycles. The van der Waals surface area contributed by atoms with E-state index in [4.69, 9.17) is 0 Å². The van der Waals surface area contributed by atoms with Crippen LogP contribution in [0.25, 0.3) is 0 Å². The molecule has 0 bridgehead atoms. The topological polar surface area (TPSA) is 0 Å². The molecule has 208 valence electrons. The molecule has 0 amide bonds. The van der Waals surface area contributed by atoms with Crippen LogP contribution in [-0.4, -0.2) is 0 Å². The van der Waals surface area contributed by atoms with Gasteiger partial charge >= 0.3 is 49.0 Å². The van der Waals surface area contributed by atoms with Crippen LogP contribution in [0.2, 0.25) is 0 Å². The van der Waals surface area contributed by atoms with Crippen LogP contribution in [0.3, 0.4) is 0 Å². The first kappa shape index (κ1) is 32.1. The quantitative estimate of drug-likeness (QED) is 0.0904. The fourth-order valence-corrected chi connectivity index (χ4v) is 9.78. The van der Waals surface area contributed by atoms with Gasteiger partial charge in [0.25, 0.3) is 0 Å². The first-order valence-corrected chi connectivity index (χ1v) is 22.6. The van der Waals surface area contributed by atoms with Crippen LogP contribution in [0.5, 0.6) is 0 Å². The summed E-state index contributed by atoms with van der Waals surface area (Å²) in [6, 6.07) is 65.0. The minimum Gasteiger partial charge on any atom is -0.0620 e. The molecule has 0 aromatic heterocycles. The van der Waals surface area contributed by atoms with Crippen LogP contribution in [0.4, 0.5) is 0 Å². The Morgan fingerprint density at radius 3 is 0.512 bits per heavy atom. The van der Waals surface area contributed by atoms with Crippen LogP contribution >= 0.6 is 56.8 Å². The zero-order valence-corrected chi connectivity index (χ0v) is 29.7. The van der Waals surface area contributed by atoms with Crippen molar-refractivity contribution < 1.29 is 8.07 Å². The van der Waals surface area contributed by atoms with E-state index >= 15 is 0 Å². The predicted molar refractivity (Wildman–Crippen MR) is 201 cm³/mol. The summed E-state index contributed by atoms with van der Waals surface area (Å²) in [5.74, 6) is 0. The Labute approximate surface area is 276 Å². The second-order valence-electron chi connectivity index (χ2n) is 8.99. The number of halogens is 2. The van der Waals surface area contributed by atoms with Gasteiger partial charge in [-0.15, -0.1) is 0 Å². The van der Waals surface area contributed by atoms with Crippen molar-refractivity contribution in [2.24, 2.45) is 0 Å². The van der Waals surface area contributed by atoms with Crippen molar-refractivity contribution >= 4 is 88.6 Å². The molecule has 0 N–H and O–H groups in total. The van der Waals surface area contributed by atoms with E-state index in [1.54, 1.807) is 8.07 Å². The summed E-state index contributed by atoms with van der Waals surface area (Å²) < 4.78 is 0. The van der Waals surface area contributed by atoms with Gasteiger partial charge in [-0.05, 0) is 72.8 Å². The van der Waals surface area contributed by atoms with E-state index in [1.165, 1.54) is 31.8 Å². The van der Waals surface area contributed by atoms with Gasteiger partial charge in [-0.25, -0.2) is 0 Å². The second-order valence-corrected chi connectivity index (χ2v) is 22.3. The summed E-state index contributed by atoms with van der Waals surface area (Å²) in [6.45, 7) is 0. The predicted octanol–water partition coefficient (Wildman–Crippen LogP) is 8.12. The maximum atomic E-state index is 2.24. The molecule has 0 aliphatic rings. The van der Waals surface area contributed by atoms with Crippen LogP contribution in [0.15, 0.2) is 182 Å². The van der Waals surface area contributed by atoms with Crippen LogP contribution < -0.4 is 31.8 Å². The fraction of sp³-hybridized carbons (Fsp3) is 0. The monoisotopic (exact) mass is 838 g/mol. The maximum absolute atomic E-state index is 2.24. The minimum absolute atomic E-state index is 0.877. The first-order chi connectivity index (χ1) is 20.3. The van der Waals surface area contributed by atoms with Crippen molar-refractivity contribution in [3.63, 3.8) is 0 Å². The minimum atomic E-state index is -0.877. The number of benzene rings is 6. The summed E-state index contributed by atoms with van der Waals surface area (Å²) >= 11 is 4.43. The zero-order valence-electron chi connectivity index (χ0n) is 22.4. The normalized spacial score (nSPS) is 10.3. The average molecular weight is 839 g/mol.